The van der Waals surface area contributed by atoms with E-state index in [0.29, 0.717) is 38.9 Å². The van der Waals surface area contributed by atoms with Crippen LogP contribution in [0.3, 0.4) is 0 Å². The number of nitrogens with two attached hydrogens (primary N) is 1. The van der Waals surface area contributed by atoms with Crippen LogP contribution in [0.2, 0.25) is 0 Å². The van der Waals surface area contributed by atoms with E-state index in [4.69, 9.17) is 5.73 Å². The Morgan fingerprint density at radius 2 is 2.00 bits per heavy atom. The second-order valence-corrected chi connectivity index (χ2v) is 5.66. The van der Waals surface area contributed by atoms with Gasteiger partial charge in [0.1, 0.15) is 0 Å². The number of nitrogens with zero attached hydrogens (tertiary/aromatic N) is 1. The quantitative estimate of drug-likeness (QED) is 0.802. The van der Waals surface area contributed by atoms with Gasteiger partial charge in [0, 0.05) is 32.1 Å². The van der Waals surface area contributed by atoms with E-state index in [1.807, 2.05) is 0 Å². The van der Waals surface area contributed by atoms with E-state index in [1.165, 1.54) is 0 Å². The van der Waals surface area contributed by atoms with Gasteiger partial charge >= 0.3 is 6.18 Å². The van der Waals surface area contributed by atoms with Crippen LogP contribution in [-0.4, -0.2) is 49.2 Å². The Kier molecular flexibility index (Phi) is 4.90. The van der Waals surface area contributed by atoms with Crippen LogP contribution in [0.5, 0.6) is 0 Å². The molecule has 1 aliphatic carbocycles. The van der Waals surface area contributed by atoms with Gasteiger partial charge in [0.05, 0.1) is 12.0 Å². The fourth-order valence-corrected chi connectivity index (χ4v) is 3.29. The van der Waals surface area contributed by atoms with Gasteiger partial charge in [-0.25, -0.2) is 0 Å². The molecule has 1 saturated carbocycles. The number of carbonyl (C=O) groups excluding carboxylic acids is 1. The highest BCUT2D eigenvalue weighted by atomic mass is 19.4. The van der Waals surface area contributed by atoms with Gasteiger partial charge in [0.2, 0.25) is 5.91 Å². The molecule has 1 amide bonds. The zero-order chi connectivity index (χ0) is 14.8. The molecule has 0 aromatic carbocycles. The average molecular weight is 293 g/mol. The lowest BCUT2D eigenvalue weighted by molar-refractivity contribution is -0.201. The predicted molar refractivity (Wildman–Crippen MR) is 68.9 cm³/mol. The molecule has 2 rings (SSSR count). The number of piperazine rings is 1. The molecule has 0 radical (unpaired) electrons. The monoisotopic (exact) mass is 293 g/mol. The molecule has 7 heteroatoms. The van der Waals surface area contributed by atoms with E-state index < -0.39 is 18.0 Å². The number of rotatable bonds is 2. The van der Waals surface area contributed by atoms with Crippen molar-refractivity contribution in [3.63, 3.8) is 0 Å². The molecular formula is C13H22F3N3O. The lowest BCUT2D eigenvalue weighted by atomic mass is 9.77. The lowest BCUT2D eigenvalue weighted by Gasteiger charge is -2.41. The summed E-state index contributed by atoms with van der Waals surface area (Å²) in [6.07, 6.45) is -2.63. The molecule has 3 unspecified atom stereocenters. The zero-order valence-corrected chi connectivity index (χ0v) is 11.5. The fourth-order valence-electron chi connectivity index (χ4n) is 3.29. The number of nitrogens with one attached hydrogen (secondary N) is 1. The second kappa shape index (κ2) is 6.30. The van der Waals surface area contributed by atoms with Crippen molar-refractivity contribution in [1.82, 2.24) is 10.2 Å². The predicted octanol–water partition coefficient (Wildman–Crippen LogP) is 1.11. The molecule has 0 bridgehead atoms. The van der Waals surface area contributed by atoms with Crippen LogP contribution in [0, 0.1) is 11.8 Å². The standard InChI is InChI=1S/C13H22F3N3O/c14-13(15,16)11-4-2-1-3-10(11)12(20)19-6-5-18-8-9(19)7-17/h9-11,18H,1-8,17H2. The molecule has 0 spiro atoms. The summed E-state index contributed by atoms with van der Waals surface area (Å²) in [7, 11) is 0. The molecule has 1 aliphatic heterocycles. The first-order chi connectivity index (χ1) is 9.45. The average Bonchev–Trinajstić information content (AvgIpc) is 2.45. The molecular weight excluding hydrogens is 271 g/mol. The summed E-state index contributed by atoms with van der Waals surface area (Å²) in [6, 6.07) is -0.188. The molecule has 0 aromatic rings. The Hall–Kier alpha value is -0.820. The van der Waals surface area contributed by atoms with Crippen molar-refractivity contribution in [3.8, 4) is 0 Å². The Morgan fingerprint density at radius 3 is 2.65 bits per heavy atom. The second-order valence-electron chi connectivity index (χ2n) is 5.66. The molecule has 4 nitrogen and oxygen atoms in total. The topological polar surface area (TPSA) is 58.4 Å². The molecule has 1 heterocycles. The summed E-state index contributed by atoms with van der Waals surface area (Å²) in [5, 5.41) is 3.12. The van der Waals surface area contributed by atoms with Gasteiger partial charge in [-0.3, -0.25) is 4.79 Å². The third kappa shape index (κ3) is 3.25. The van der Waals surface area contributed by atoms with Crippen LogP contribution in [0.15, 0.2) is 0 Å². The molecule has 0 aromatic heterocycles. The summed E-state index contributed by atoms with van der Waals surface area (Å²) in [4.78, 5) is 14.1. The van der Waals surface area contributed by atoms with Crippen molar-refractivity contribution in [2.45, 2.75) is 37.9 Å². The zero-order valence-electron chi connectivity index (χ0n) is 11.5. The van der Waals surface area contributed by atoms with Gasteiger partial charge in [-0.2, -0.15) is 13.2 Å². The summed E-state index contributed by atoms with van der Waals surface area (Å²) in [6.45, 7) is 1.90. The van der Waals surface area contributed by atoms with Crippen LogP contribution in [0.1, 0.15) is 25.7 Å². The lowest BCUT2D eigenvalue weighted by Crippen LogP contribution is -2.59. The normalized spacial score (nSPS) is 32.2. The minimum Gasteiger partial charge on any atom is -0.336 e. The molecule has 116 valence electrons. The third-order valence-electron chi connectivity index (χ3n) is 4.41. The maximum absolute atomic E-state index is 13.1. The summed E-state index contributed by atoms with van der Waals surface area (Å²) >= 11 is 0. The number of hydrogen-bond acceptors (Lipinski definition) is 3. The number of halogens is 3. The number of hydrogen-bond donors (Lipinski definition) is 2. The minimum atomic E-state index is -4.28. The molecule has 1 saturated heterocycles. The molecule has 2 fully saturated rings. The SMILES string of the molecule is NCC1CNCCN1C(=O)C1CCCCC1C(F)(F)F. The van der Waals surface area contributed by atoms with Crippen LogP contribution < -0.4 is 11.1 Å². The fraction of sp³-hybridized carbons (Fsp3) is 0.923. The Labute approximate surface area is 116 Å². The van der Waals surface area contributed by atoms with Gasteiger partial charge in [-0.1, -0.05) is 12.8 Å². The van der Waals surface area contributed by atoms with E-state index >= 15 is 0 Å². The molecule has 3 atom stereocenters. The first kappa shape index (κ1) is 15.6. The summed E-state index contributed by atoms with van der Waals surface area (Å²) < 4.78 is 39.3. The first-order valence-corrected chi connectivity index (χ1v) is 7.23. The number of amides is 1. The van der Waals surface area contributed by atoms with Gasteiger partial charge < -0.3 is 16.0 Å². The Morgan fingerprint density at radius 1 is 1.30 bits per heavy atom. The van der Waals surface area contributed by atoms with Crippen LogP contribution in [0.25, 0.3) is 0 Å². The van der Waals surface area contributed by atoms with E-state index in [9.17, 15) is 18.0 Å². The highest BCUT2D eigenvalue weighted by Crippen LogP contribution is 2.42. The number of alkyl halides is 3. The van der Waals surface area contributed by atoms with Crippen molar-refractivity contribution in [3.05, 3.63) is 0 Å². The van der Waals surface area contributed by atoms with E-state index in [1.54, 1.807) is 4.90 Å². The highest BCUT2D eigenvalue weighted by Gasteiger charge is 2.49. The highest BCUT2D eigenvalue weighted by molar-refractivity contribution is 5.80. The van der Waals surface area contributed by atoms with Crippen LogP contribution in [0.4, 0.5) is 13.2 Å². The summed E-state index contributed by atoms with van der Waals surface area (Å²) in [5.41, 5.74) is 5.63. The first-order valence-electron chi connectivity index (χ1n) is 7.23. The Bertz CT molecular complexity index is 348. The van der Waals surface area contributed by atoms with Gasteiger partial charge in [-0.15, -0.1) is 0 Å². The largest absolute Gasteiger partial charge is 0.392 e. The minimum absolute atomic E-state index is 0.0687. The van der Waals surface area contributed by atoms with E-state index in [2.05, 4.69) is 5.32 Å². The maximum atomic E-state index is 13.1. The van der Waals surface area contributed by atoms with Crippen LogP contribution in [-0.2, 0) is 4.79 Å². The third-order valence-corrected chi connectivity index (χ3v) is 4.41. The van der Waals surface area contributed by atoms with Gasteiger partial charge in [0.15, 0.2) is 0 Å². The summed E-state index contributed by atoms with van der Waals surface area (Å²) in [5.74, 6) is -2.77. The van der Waals surface area contributed by atoms with Crippen molar-refractivity contribution < 1.29 is 18.0 Å². The molecule has 20 heavy (non-hydrogen) atoms. The van der Waals surface area contributed by atoms with Crippen molar-refractivity contribution in [2.24, 2.45) is 17.6 Å². The van der Waals surface area contributed by atoms with E-state index in [0.717, 1.165) is 0 Å². The maximum Gasteiger partial charge on any atom is 0.392 e. The van der Waals surface area contributed by atoms with Crippen LogP contribution >= 0.6 is 0 Å². The molecule has 3 N–H and O–H groups in total. The smallest absolute Gasteiger partial charge is 0.336 e. The van der Waals surface area contributed by atoms with Gasteiger partial charge in [0.25, 0.3) is 0 Å². The van der Waals surface area contributed by atoms with Crippen molar-refractivity contribution in [1.29, 1.82) is 0 Å². The van der Waals surface area contributed by atoms with Gasteiger partial charge in [-0.05, 0) is 12.8 Å². The molecule has 2 aliphatic rings. The Balaban J connectivity index is 2.12. The van der Waals surface area contributed by atoms with Crippen molar-refractivity contribution >= 4 is 5.91 Å². The number of carbonyl (C=O) groups is 1. The van der Waals surface area contributed by atoms with Crippen molar-refractivity contribution in [2.75, 3.05) is 26.2 Å². The van der Waals surface area contributed by atoms with E-state index in [-0.39, 0.29) is 24.9 Å².